The number of rotatable bonds is 6. The van der Waals surface area contributed by atoms with Crippen molar-refractivity contribution in [1.29, 1.82) is 0 Å². The lowest BCUT2D eigenvalue weighted by Gasteiger charge is -2.58. The van der Waals surface area contributed by atoms with Crippen LogP contribution in [-0.4, -0.2) is 19.2 Å². The van der Waals surface area contributed by atoms with E-state index in [-0.39, 0.29) is 12.2 Å². The molecule has 0 aromatic heterocycles. The Kier molecular flexibility index (Phi) is 7.04. The molecule has 1 amide bonds. The normalized spacial score (nSPS) is 41.8. The van der Waals surface area contributed by atoms with Crippen LogP contribution >= 0.6 is 0 Å². The highest BCUT2D eigenvalue weighted by Gasteiger charge is 2.59. The third kappa shape index (κ3) is 4.27. The lowest BCUT2D eigenvalue weighted by Crippen LogP contribution is -2.51. The first kappa shape index (κ1) is 24.1. The number of carbonyl (C=O) groups excluding carboxylic acids is 1. The number of alkyl carbamates (subject to hydrolysis) is 1. The minimum absolute atomic E-state index is 0.0576. The minimum Gasteiger partial charge on any atom is -0.446 e. The van der Waals surface area contributed by atoms with Gasteiger partial charge in [0.05, 0.1) is 0 Å². The number of hydrogen-bond acceptors (Lipinski definition) is 2. The molecule has 3 unspecified atom stereocenters. The number of ether oxygens (including phenoxy) is 1. The second kappa shape index (κ2) is 9.34. The van der Waals surface area contributed by atoms with Crippen LogP contribution in [0.1, 0.15) is 105 Å². The first-order chi connectivity index (χ1) is 15.2. The summed E-state index contributed by atoms with van der Waals surface area (Å²) in [4.78, 5) is 11.7. The predicted octanol–water partition coefficient (Wildman–Crippen LogP) is 7.75. The Morgan fingerprint density at radius 1 is 1.09 bits per heavy atom. The molecule has 1 N–H and O–H groups in total. The summed E-state index contributed by atoms with van der Waals surface area (Å²) in [5.74, 6) is 5.25. The molecule has 3 fully saturated rings. The zero-order chi connectivity index (χ0) is 23.1. The number of hydrogen-bond donors (Lipinski definition) is 1. The van der Waals surface area contributed by atoms with Crippen molar-refractivity contribution in [2.75, 3.05) is 7.05 Å². The van der Waals surface area contributed by atoms with Gasteiger partial charge in [0.25, 0.3) is 0 Å². The molecular weight excluding hydrogens is 394 g/mol. The molecule has 0 spiro atoms. The van der Waals surface area contributed by atoms with Crippen LogP contribution in [0, 0.1) is 46.3 Å². The topological polar surface area (TPSA) is 38.3 Å². The Labute approximate surface area is 197 Å². The van der Waals surface area contributed by atoms with Gasteiger partial charge in [-0.15, -0.1) is 0 Å². The second-order valence-electron chi connectivity index (χ2n) is 12.8. The number of nitrogens with one attached hydrogen (secondary N) is 1. The Balaban J connectivity index is 1.45. The Morgan fingerprint density at radius 3 is 2.59 bits per heavy atom. The summed E-state index contributed by atoms with van der Waals surface area (Å²) < 4.78 is 5.65. The molecule has 0 radical (unpaired) electrons. The van der Waals surface area contributed by atoms with Gasteiger partial charge in [-0.05, 0) is 91.3 Å². The van der Waals surface area contributed by atoms with E-state index < -0.39 is 0 Å². The summed E-state index contributed by atoms with van der Waals surface area (Å²) in [5, 5.41) is 2.62. The lowest BCUT2D eigenvalue weighted by atomic mass is 9.47. The first-order valence-electron chi connectivity index (χ1n) is 13.8. The highest BCUT2D eigenvalue weighted by molar-refractivity contribution is 5.66. The van der Waals surface area contributed by atoms with Crippen LogP contribution < -0.4 is 5.32 Å². The number of allylic oxidation sites excluding steroid dienone is 1. The Hall–Kier alpha value is -0.990. The molecule has 32 heavy (non-hydrogen) atoms. The summed E-state index contributed by atoms with van der Waals surface area (Å²) >= 11 is 0. The Morgan fingerprint density at radius 2 is 1.88 bits per heavy atom. The van der Waals surface area contributed by atoms with Crippen molar-refractivity contribution < 1.29 is 9.53 Å². The predicted molar refractivity (Wildman–Crippen MR) is 132 cm³/mol. The first-order valence-corrected chi connectivity index (χ1v) is 13.8. The zero-order valence-corrected chi connectivity index (χ0v) is 21.7. The summed E-state index contributed by atoms with van der Waals surface area (Å²) in [6.07, 6.45) is 16.7. The van der Waals surface area contributed by atoms with E-state index in [1.807, 2.05) is 0 Å². The van der Waals surface area contributed by atoms with Crippen LogP contribution in [0.3, 0.4) is 0 Å². The average Bonchev–Trinajstić information content (AvgIpc) is 3.11. The van der Waals surface area contributed by atoms with Crippen LogP contribution in [0.2, 0.25) is 0 Å². The molecule has 8 atom stereocenters. The van der Waals surface area contributed by atoms with Crippen molar-refractivity contribution >= 4 is 6.09 Å². The molecule has 4 aliphatic carbocycles. The average molecular weight is 444 g/mol. The van der Waals surface area contributed by atoms with Gasteiger partial charge in [0, 0.05) is 13.5 Å². The minimum atomic E-state index is -0.277. The fourth-order valence-electron chi connectivity index (χ4n) is 8.96. The summed E-state index contributed by atoms with van der Waals surface area (Å²) in [7, 11) is 1.65. The van der Waals surface area contributed by atoms with Crippen molar-refractivity contribution in [1.82, 2.24) is 5.32 Å². The van der Waals surface area contributed by atoms with E-state index in [0.29, 0.717) is 10.8 Å². The molecule has 0 aromatic carbocycles. The Bertz CT molecular complexity index is 714. The SMILES string of the molecule is CNC(=O)O[C@@H]1CC[C@]2(C)C(=CCC3C2CC[C@]2(C)C3CC[C@H]2[C@@H](C)CCCC(C)C)C1. The van der Waals surface area contributed by atoms with Crippen LogP contribution in [0.5, 0.6) is 0 Å². The lowest BCUT2D eigenvalue weighted by molar-refractivity contribution is -0.0580. The third-order valence-electron chi connectivity index (χ3n) is 10.7. The van der Waals surface area contributed by atoms with Gasteiger partial charge in [-0.25, -0.2) is 4.79 Å². The zero-order valence-electron chi connectivity index (χ0n) is 21.7. The highest BCUT2D eigenvalue weighted by atomic mass is 16.6. The molecule has 0 heterocycles. The molecule has 3 heteroatoms. The summed E-state index contributed by atoms with van der Waals surface area (Å²) in [6, 6.07) is 0. The smallest absolute Gasteiger partial charge is 0.407 e. The van der Waals surface area contributed by atoms with Crippen LogP contribution in [-0.2, 0) is 4.74 Å². The molecule has 3 nitrogen and oxygen atoms in total. The van der Waals surface area contributed by atoms with Gasteiger partial charge in [-0.2, -0.15) is 0 Å². The maximum absolute atomic E-state index is 11.7. The molecule has 0 aliphatic heterocycles. The number of amides is 1. The van der Waals surface area contributed by atoms with Crippen molar-refractivity contribution in [2.24, 2.45) is 46.3 Å². The quantitative estimate of drug-likeness (QED) is 0.426. The molecular formula is C29H49NO2. The van der Waals surface area contributed by atoms with E-state index in [9.17, 15) is 4.79 Å². The van der Waals surface area contributed by atoms with Crippen LogP contribution in [0.4, 0.5) is 4.79 Å². The summed E-state index contributed by atoms with van der Waals surface area (Å²) in [5.41, 5.74) is 2.48. The molecule has 4 rings (SSSR count). The van der Waals surface area contributed by atoms with E-state index in [0.717, 1.165) is 48.3 Å². The van der Waals surface area contributed by atoms with E-state index >= 15 is 0 Å². The van der Waals surface area contributed by atoms with Gasteiger partial charge < -0.3 is 10.1 Å². The van der Waals surface area contributed by atoms with Gasteiger partial charge in [-0.3, -0.25) is 0 Å². The second-order valence-corrected chi connectivity index (χ2v) is 12.8. The van der Waals surface area contributed by atoms with E-state index in [1.165, 1.54) is 57.8 Å². The fraction of sp³-hybridized carbons (Fsp3) is 0.897. The van der Waals surface area contributed by atoms with E-state index in [4.69, 9.17) is 4.74 Å². The maximum atomic E-state index is 11.7. The highest BCUT2D eigenvalue weighted by Crippen LogP contribution is 2.67. The largest absolute Gasteiger partial charge is 0.446 e. The monoisotopic (exact) mass is 443 g/mol. The molecule has 3 saturated carbocycles. The van der Waals surface area contributed by atoms with Gasteiger partial charge >= 0.3 is 6.09 Å². The number of fused-ring (bicyclic) bond motifs is 5. The van der Waals surface area contributed by atoms with Crippen molar-refractivity contribution in [3.63, 3.8) is 0 Å². The molecule has 182 valence electrons. The van der Waals surface area contributed by atoms with E-state index in [1.54, 1.807) is 12.6 Å². The van der Waals surface area contributed by atoms with Gasteiger partial charge in [0.15, 0.2) is 0 Å². The van der Waals surface area contributed by atoms with Crippen molar-refractivity contribution in [2.45, 2.75) is 111 Å². The maximum Gasteiger partial charge on any atom is 0.407 e. The molecule has 0 aromatic rings. The molecule has 0 saturated heterocycles. The fourth-order valence-corrected chi connectivity index (χ4v) is 8.96. The van der Waals surface area contributed by atoms with Crippen LogP contribution in [0.25, 0.3) is 0 Å². The van der Waals surface area contributed by atoms with Gasteiger partial charge in [-0.1, -0.05) is 65.5 Å². The number of carbonyl (C=O) groups is 1. The summed E-state index contributed by atoms with van der Waals surface area (Å²) in [6.45, 7) is 12.5. The third-order valence-corrected chi connectivity index (χ3v) is 10.7. The van der Waals surface area contributed by atoms with Crippen LogP contribution in [0.15, 0.2) is 11.6 Å². The standard InChI is InChI=1S/C29H49NO2/c1-19(2)8-7-9-20(3)24-12-13-25-23-11-10-21-18-22(32-27(31)30-6)14-16-28(21,4)26(23)15-17-29(24,25)5/h10,19-20,22-26H,7-9,11-18H2,1-6H3,(H,30,31)/t20-,22+,23?,24-,25?,26?,28+,29-/m0/s1. The molecule has 4 aliphatic rings. The van der Waals surface area contributed by atoms with Gasteiger partial charge in [0.2, 0.25) is 0 Å². The van der Waals surface area contributed by atoms with Gasteiger partial charge in [0.1, 0.15) is 6.10 Å². The van der Waals surface area contributed by atoms with E-state index in [2.05, 4.69) is 46.0 Å². The van der Waals surface area contributed by atoms with Crippen molar-refractivity contribution in [3.05, 3.63) is 11.6 Å². The molecule has 0 bridgehead atoms. The van der Waals surface area contributed by atoms with Crippen molar-refractivity contribution in [3.8, 4) is 0 Å².